The van der Waals surface area contributed by atoms with E-state index in [1.54, 1.807) is 13.4 Å². The Morgan fingerprint density at radius 2 is 2.00 bits per heavy atom. The molecule has 4 rings (SSSR count). The molecule has 0 aliphatic carbocycles. The molecule has 1 aliphatic rings. The lowest BCUT2D eigenvalue weighted by Crippen LogP contribution is -2.35. The molecule has 174 valence electrons. The largest absolute Gasteiger partial charge is 0.497 e. The third kappa shape index (κ3) is 4.61. The fourth-order valence-corrected chi connectivity index (χ4v) is 3.98. The maximum atomic E-state index is 13.0. The smallest absolute Gasteiger partial charge is 0.260 e. The van der Waals surface area contributed by atoms with Gasteiger partial charge in [-0.1, -0.05) is 13.8 Å². The molecule has 0 radical (unpaired) electrons. The average molecular weight is 481 g/mol. The third-order valence-electron chi connectivity index (χ3n) is 5.78. The molecule has 3 aromatic rings. The number of rotatable bonds is 5. The number of nitrogens with zero attached hydrogens (tertiary/aromatic N) is 5. The number of ether oxygens (including phenoxy) is 1. The minimum Gasteiger partial charge on any atom is -0.497 e. The Balaban J connectivity index is 0.00000181. The zero-order valence-corrected chi connectivity index (χ0v) is 20.6. The number of anilines is 2. The number of benzene rings is 1. The van der Waals surface area contributed by atoms with Crippen LogP contribution in [0.3, 0.4) is 0 Å². The molecule has 2 aromatic heterocycles. The van der Waals surface area contributed by atoms with Gasteiger partial charge in [0.1, 0.15) is 17.9 Å². The Morgan fingerprint density at radius 1 is 1.25 bits per heavy atom. The molecule has 0 spiro atoms. The summed E-state index contributed by atoms with van der Waals surface area (Å²) in [6.45, 7) is 8.43. The van der Waals surface area contributed by atoms with Gasteiger partial charge in [-0.2, -0.15) is 0 Å². The predicted molar refractivity (Wildman–Crippen MR) is 133 cm³/mol. The van der Waals surface area contributed by atoms with Crippen LogP contribution in [0.15, 0.2) is 23.3 Å². The van der Waals surface area contributed by atoms with Crippen molar-refractivity contribution in [3.8, 4) is 5.75 Å². The molecule has 0 fully saturated rings. The number of nitrogens with one attached hydrogen (secondary N) is 1. The molecule has 32 heavy (non-hydrogen) atoms. The molecule has 0 bridgehead atoms. The molecule has 0 amide bonds. The Morgan fingerprint density at radius 3 is 2.66 bits per heavy atom. The van der Waals surface area contributed by atoms with E-state index in [9.17, 15) is 4.79 Å². The molecule has 0 saturated carbocycles. The molecule has 1 aromatic carbocycles. The topological polar surface area (TPSA) is 87.2 Å². The third-order valence-corrected chi connectivity index (χ3v) is 5.78. The highest BCUT2D eigenvalue weighted by atomic mass is 35.5. The minimum atomic E-state index is -0.124. The van der Waals surface area contributed by atoms with Gasteiger partial charge in [0.05, 0.1) is 30.3 Å². The number of halogens is 2. The molecule has 3 heterocycles. The van der Waals surface area contributed by atoms with Gasteiger partial charge in [-0.3, -0.25) is 9.78 Å². The predicted octanol–water partition coefficient (Wildman–Crippen LogP) is 3.71. The average Bonchev–Trinajstić information content (AvgIpc) is 2.76. The van der Waals surface area contributed by atoms with Crippen LogP contribution in [0.2, 0.25) is 0 Å². The van der Waals surface area contributed by atoms with Crippen molar-refractivity contribution in [2.75, 3.05) is 37.0 Å². The summed E-state index contributed by atoms with van der Waals surface area (Å²) in [7, 11) is 3.67. The van der Waals surface area contributed by atoms with Crippen LogP contribution >= 0.6 is 24.8 Å². The Kier molecular flexibility index (Phi) is 8.31. The summed E-state index contributed by atoms with van der Waals surface area (Å²) in [6.07, 6.45) is 2.41. The maximum Gasteiger partial charge on any atom is 0.260 e. The second-order valence-electron chi connectivity index (χ2n) is 7.96. The highest BCUT2D eigenvalue weighted by molar-refractivity contribution is 5.86. The van der Waals surface area contributed by atoms with Crippen molar-refractivity contribution in [3.63, 3.8) is 0 Å². The van der Waals surface area contributed by atoms with E-state index in [1.807, 2.05) is 19.2 Å². The Hall–Kier alpha value is -2.58. The summed E-state index contributed by atoms with van der Waals surface area (Å²) < 4.78 is 5.44. The number of H-pyrrole nitrogens is 1. The quantitative estimate of drug-likeness (QED) is 0.595. The van der Waals surface area contributed by atoms with Gasteiger partial charge in [0, 0.05) is 31.8 Å². The molecule has 0 saturated heterocycles. The molecule has 8 nitrogen and oxygen atoms in total. The summed E-state index contributed by atoms with van der Waals surface area (Å²) in [6, 6.07) is 3.75. The normalized spacial score (nSPS) is 12.8. The summed E-state index contributed by atoms with van der Waals surface area (Å²) >= 11 is 0. The van der Waals surface area contributed by atoms with E-state index in [0.717, 1.165) is 36.6 Å². The fourth-order valence-electron chi connectivity index (χ4n) is 3.98. The lowest BCUT2D eigenvalue weighted by molar-refractivity contribution is 0.414. The monoisotopic (exact) mass is 480 g/mol. The van der Waals surface area contributed by atoms with E-state index < -0.39 is 0 Å². The number of fused-ring (bicyclic) bond motifs is 2. The fraction of sp³-hybridized carbons (Fsp3) is 0.455. The van der Waals surface area contributed by atoms with Crippen LogP contribution in [0, 0.1) is 0 Å². The van der Waals surface area contributed by atoms with Gasteiger partial charge in [0.2, 0.25) is 5.95 Å². The van der Waals surface area contributed by atoms with E-state index in [2.05, 4.69) is 45.5 Å². The number of hydrogen-bond donors (Lipinski definition) is 1. The maximum absolute atomic E-state index is 13.0. The molecule has 1 N–H and O–H groups in total. The highest BCUT2D eigenvalue weighted by Gasteiger charge is 2.24. The second-order valence-corrected chi connectivity index (χ2v) is 7.96. The number of hydrogen-bond acceptors (Lipinski definition) is 7. The van der Waals surface area contributed by atoms with E-state index in [-0.39, 0.29) is 36.3 Å². The van der Waals surface area contributed by atoms with Gasteiger partial charge >= 0.3 is 0 Å². The summed E-state index contributed by atoms with van der Waals surface area (Å²) in [4.78, 5) is 34.0. The van der Waals surface area contributed by atoms with Crippen LogP contribution in [-0.4, -0.2) is 47.2 Å². The van der Waals surface area contributed by atoms with Crippen LogP contribution < -0.4 is 20.1 Å². The summed E-state index contributed by atoms with van der Waals surface area (Å²) in [5, 5.41) is 0.626. The minimum absolute atomic E-state index is 0. The second kappa shape index (κ2) is 10.4. The Bertz CT molecular complexity index is 1150. The van der Waals surface area contributed by atoms with E-state index >= 15 is 0 Å². The van der Waals surface area contributed by atoms with Gasteiger partial charge in [-0.15, -0.1) is 24.8 Å². The van der Waals surface area contributed by atoms with E-state index in [4.69, 9.17) is 9.72 Å². The molecule has 0 unspecified atom stereocenters. The summed E-state index contributed by atoms with van der Waals surface area (Å²) in [5.41, 5.74) is 3.61. The SMILES string of the molecule is CCN(C)c1ncnc2c1CCN(c1nc3cc(OC)cc(C(C)C)c3c(=O)[nH]1)C2.Cl.Cl. The zero-order valence-electron chi connectivity index (χ0n) is 19.0. The van der Waals surface area contributed by atoms with Crippen molar-refractivity contribution in [2.45, 2.75) is 39.7 Å². The highest BCUT2D eigenvalue weighted by Crippen LogP contribution is 2.30. The van der Waals surface area contributed by atoms with Crippen molar-refractivity contribution in [1.29, 1.82) is 0 Å². The van der Waals surface area contributed by atoms with Gasteiger partial charge in [0.15, 0.2) is 0 Å². The number of aromatic amines is 1. The van der Waals surface area contributed by atoms with Gasteiger partial charge in [0.25, 0.3) is 5.56 Å². The van der Waals surface area contributed by atoms with Crippen molar-refractivity contribution in [3.05, 3.63) is 45.6 Å². The van der Waals surface area contributed by atoms with Gasteiger partial charge in [-0.25, -0.2) is 15.0 Å². The zero-order chi connectivity index (χ0) is 21.4. The van der Waals surface area contributed by atoms with Crippen LogP contribution in [0.1, 0.15) is 43.5 Å². The first kappa shape index (κ1) is 25.7. The lowest BCUT2D eigenvalue weighted by Gasteiger charge is -2.31. The van der Waals surface area contributed by atoms with Crippen molar-refractivity contribution in [1.82, 2.24) is 19.9 Å². The van der Waals surface area contributed by atoms with Crippen molar-refractivity contribution < 1.29 is 4.74 Å². The van der Waals surface area contributed by atoms with Crippen LogP contribution in [-0.2, 0) is 13.0 Å². The molecular weight excluding hydrogens is 451 g/mol. The van der Waals surface area contributed by atoms with E-state index in [0.29, 0.717) is 29.1 Å². The number of aromatic nitrogens is 4. The molecule has 1 aliphatic heterocycles. The molecular formula is C22H30Cl2N6O2. The van der Waals surface area contributed by atoms with Crippen LogP contribution in [0.25, 0.3) is 10.9 Å². The van der Waals surface area contributed by atoms with Gasteiger partial charge < -0.3 is 14.5 Å². The summed E-state index contributed by atoms with van der Waals surface area (Å²) in [5.74, 6) is 2.43. The molecule has 10 heteroatoms. The van der Waals surface area contributed by atoms with Crippen LogP contribution in [0.5, 0.6) is 5.75 Å². The first-order valence-electron chi connectivity index (χ1n) is 10.3. The first-order chi connectivity index (χ1) is 14.4. The first-order valence-corrected chi connectivity index (χ1v) is 10.3. The van der Waals surface area contributed by atoms with E-state index in [1.165, 1.54) is 5.56 Å². The van der Waals surface area contributed by atoms with Crippen molar-refractivity contribution >= 4 is 47.5 Å². The standard InChI is InChI=1S/C22H28N6O2.2ClH/c1-6-27(4)20-15-7-8-28(11-18(15)23-12-24-20)22-25-17-10-14(30-5)9-16(13(2)3)19(17)21(29)26-22;;/h9-10,12-13H,6-8,11H2,1-5H3,(H,25,26,29);2*1H. The van der Waals surface area contributed by atoms with Crippen LogP contribution in [0.4, 0.5) is 11.8 Å². The molecule has 0 atom stereocenters. The Labute approximate surface area is 200 Å². The van der Waals surface area contributed by atoms with Crippen molar-refractivity contribution in [2.24, 2.45) is 0 Å². The number of methoxy groups -OCH3 is 1. The lowest BCUT2D eigenvalue weighted by atomic mass is 9.98. The van der Waals surface area contributed by atoms with Gasteiger partial charge in [-0.05, 0) is 30.9 Å².